The van der Waals surface area contributed by atoms with Crippen molar-refractivity contribution in [3.8, 4) is 0 Å². The molecule has 1 N–H and O–H groups in total. The minimum absolute atomic E-state index is 0.128. The summed E-state index contributed by atoms with van der Waals surface area (Å²) < 4.78 is 51.6. The van der Waals surface area contributed by atoms with E-state index in [-0.39, 0.29) is 18.2 Å². The van der Waals surface area contributed by atoms with E-state index < -0.39 is 17.6 Å². The smallest absolute Gasteiger partial charge is 0.312 e. The first-order chi connectivity index (χ1) is 8.86. The quantitative estimate of drug-likeness (QED) is 0.835. The van der Waals surface area contributed by atoms with Gasteiger partial charge in [-0.1, -0.05) is 6.07 Å². The molecule has 1 atom stereocenters. The molecule has 106 valence electrons. The number of hydrogen-bond acceptors (Lipinski definition) is 2. The molecule has 1 aliphatic heterocycles. The molecule has 6 heteroatoms. The summed E-state index contributed by atoms with van der Waals surface area (Å²) in [7, 11) is 0. The van der Waals surface area contributed by atoms with Crippen LogP contribution in [0.1, 0.15) is 18.1 Å². The molecule has 0 amide bonds. The van der Waals surface area contributed by atoms with Gasteiger partial charge in [0.25, 0.3) is 0 Å². The van der Waals surface area contributed by atoms with E-state index in [2.05, 4.69) is 5.32 Å². The minimum Gasteiger partial charge on any atom is -0.312 e. The first-order valence-corrected chi connectivity index (χ1v) is 6.17. The highest BCUT2D eigenvalue weighted by molar-refractivity contribution is 5.30. The molecule has 1 aromatic carbocycles. The van der Waals surface area contributed by atoms with E-state index in [1.165, 1.54) is 6.07 Å². The van der Waals surface area contributed by atoms with Gasteiger partial charge < -0.3 is 5.32 Å². The lowest BCUT2D eigenvalue weighted by Gasteiger charge is -2.32. The molecular formula is C13H16F4N2. The summed E-state index contributed by atoms with van der Waals surface area (Å²) in [6.45, 7) is 4.32. The summed E-state index contributed by atoms with van der Waals surface area (Å²) >= 11 is 0. The number of benzene rings is 1. The highest BCUT2D eigenvalue weighted by atomic mass is 19.4. The third-order valence-corrected chi connectivity index (χ3v) is 3.22. The number of nitrogens with one attached hydrogen (secondary N) is 1. The van der Waals surface area contributed by atoms with Gasteiger partial charge in [-0.15, -0.1) is 0 Å². The van der Waals surface area contributed by atoms with Crippen molar-refractivity contribution < 1.29 is 17.6 Å². The van der Waals surface area contributed by atoms with Crippen LogP contribution in [0.2, 0.25) is 0 Å². The van der Waals surface area contributed by atoms with Crippen molar-refractivity contribution >= 4 is 0 Å². The zero-order chi connectivity index (χ0) is 14.0. The average Bonchev–Trinajstić information content (AvgIpc) is 2.30. The number of hydrogen-bond donors (Lipinski definition) is 1. The Kier molecular flexibility index (Phi) is 4.10. The lowest BCUT2D eigenvalue weighted by Crippen LogP contribution is -2.48. The van der Waals surface area contributed by atoms with Gasteiger partial charge in [0.1, 0.15) is 5.82 Å². The molecule has 1 fully saturated rings. The van der Waals surface area contributed by atoms with E-state index in [1.54, 1.807) is 0 Å². The highest BCUT2D eigenvalue weighted by Gasteiger charge is 2.34. The first-order valence-electron chi connectivity index (χ1n) is 6.17. The van der Waals surface area contributed by atoms with E-state index in [4.69, 9.17) is 0 Å². The van der Waals surface area contributed by atoms with Gasteiger partial charge in [-0.25, -0.2) is 4.39 Å². The molecule has 1 saturated heterocycles. The molecule has 1 aromatic rings. The second-order valence-corrected chi connectivity index (χ2v) is 4.89. The van der Waals surface area contributed by atoms with Crippen LogP contribution >= 0.6 is 0 Å². The molecule has 1 heterocycles. The van der Waals surface area contributed by atoms with E-state index in [1.807, 2.05) is 11.8 Å². The Labute approximate surface area is 109 Å². The SMILES string of the molecule is C[C@@H]1CN(Cc2ccc(F)cc2C(F)(F)F)CCN1. The van der Waals surface area contributed by atoms with Crippen LogP contribution in [0.5, 0.6) is 0 Å². The van der Waals surface area contributed by atoms with Gasteiger partial charge in [0.05, 0.1) is 5.56 Å². The van der Waals surface area contributed by atoms with Crippen molar-refractivity contribution in [2.45, 2.75) is 25.7 Å². The Morgan fingerprint density at radius 1 is 1.37 bits per heavy atom. The van der Waals surface area contributed by atoms with E-state index in [0.29, 0.717) is 19.2 Å². The largest absolute Gasteiger partial charge is 0.416 e. The van der Waals surface area contributed by atoms with Gasteiger partial charge in [0.2, 0.25) is 0 Å². The van der Waals surface area contributed by atoms with Crippen LogP contribution in [0.15, 0.2) is 18.2 Å². The second-order valence-electron chi connectivity index (χ2n) is 4.89. The Morgan fingerprint density at radius 2 is 2.11 bits per heavy atom. The molecule has 0 radical (unpaired) electrons. The normalized spacial score (nSPS) is 21.6. The molecule has 19 heavy (non-hydrogen) atoms. The maximum Gasteiger partial charge on any atom is 0.416 e. The van der Waals surface area contributed by atoms with Crippen LogP contribution in [-0.4, -0.2) is 30.6 Å². The summed E-state index contributed by atoms with van der Waals surface area (Å²) in [5.74, 6) is -0.857. The van der Waals surface area contributed by atoms with Crippen molar-refractivity contribution in [1.29, 1.82) is 0 Å². The van der Waals surface area contributed by atoms with Crippen LogP contribution in [0, 0.1) is 5.82 Å². The van der Waals surface area contributed by atoms with Crippen molar-refractivity contribution in [2.24, 2.45) is 0 Å². The summed E-state index contributed by atoms with van der Waals surface area (Å²) in [6.07, 6.45) is -4.52. The third-order valence-electron chi connectivity index (χ3n) is 3.22. The van der Waals surface area contributed by atoms with Gasteiger partial charge in [0.15, 0.2) is 0 Å². The van der Waals surface area contributed by atoms with Crippen molar-refractivity contribution in [3.63, 3.8) is 0 Å². The molecule has 0 unspecified atom stereocenters. The van der Waals surface area contributed by atoms with Crippen LogP contribution in [0.3, 0.4) is 0 Å². The standard InChI is InChI=1S/C13H16F4N2/c1-9-7-19(5-4-18-9)8-10-2-3-11(14)6-12(10)13(15,16)17/h2-3,6,9,18H,4-5,7-8H2,1H3/t9-/m1/s1. The monoisotopic (exact) mass is 276 g/mol. The Morgan fingerprint density at radius 3 is 2.74 bits per heavy atom. The van der Waals surface area contributed by atoms with Crippen LogP contribution < -0.4 is 5.32 Å². The topological polar surface area (TPSA) is 15.3 Å². The average molecular weight is 276 g/mol. The first kappa shape index (κ1) is 14.3. The van der Waals surface area contributed by atoms with Crippen LogP contribution in [0.4, 0.5) is 17.6 Å². The maximum atomic E-state index is 13.0. The predicted molar refractivity (Wildman–Crippen MR) is 64.1 cm³/mol. The number of rotatable bonds is 2. The number of nitrogens with zero attached hydrogens (tertiary/aromatic N) is 1. The number of halogens is 4. The lowest BCUT2D eigenvalue weighted by atomic mass is 10.1. The number of alkyl halides is 3. The predicted octanol–water partition coefficient (Wildman–Crippen LogP) is 2.64. The van der Waals surface area contributed by atoms with Crippen LogP contribution in [-0.2, 0) is 12.7 Å². The highest BCUT2D eigenvalue weighted by Crippen LogP contribution is 2.33. The van der Waals surface area contributed by atoms with E-state index >= 15 is 0 Å². The van der Waals surface area contributed by atoms with Crippen LogP contribution in [0.25, 0.3) is 0 Å². The Bertz CT molecular complexity index is 445. The molecule has 0 aliphatic carbocycles. The Hall–Kier alpha value is -1.14. The second kappa shape index (κ2) is 5.46. The third kappa shape index (κ3) is 3.67. The van der Waals surface area contributed by atoms with Gasteiger partial charge in [-0.3, -0.25) is 4.90 Å². The number of piperazine rings is 1. The molecule has 0 spiro atoms. The maximum absolute atomic E-state index is 13.0. The lowest BCUT2D eigenvalue weighted by molar-refractivity contribution is -0.138. The molecule has 2 nitrogen and oxygen atoms in total. The van der Waals surface area contributed by atoms with Gasteiger partial charge in [-0.2, -0.15) is 13.2 Å². The zero-order valence-corrected chi connectivity index (χ0v) is 10.6. The summed E-state index contributed by atoms with van der Waals surface area (Å²) in [5.41, 5.74) is -0.748. The van der Waals surface area contributed by atoms with Gasteiger partial charge >= 0.3 is 6.18 Å². The molecule has 0 aromatic heterocycles. The minimum atomic E-state index is -4.52. The van der Waals surface area contributed by atoms with E-state index in [0.717, 1.165) is 12.6 Å². The van der Waals surface area contributed by atoms with E-state index in [9.17, 15) is 17.6 Å². The molecule has 1 aliphatic rings. The van der Waals surface area contributed by atoms with Crippen molar-refractivity contribution in [2.75, 3.05) is 19.6 Å². The molecule has 0 bridgehead atoms. The molecular weight excluding hydrogens is 260 g/mol. The summed E-state index contributed by atoms with van der Waals surface area (Å²) in [6, 6.07) is 3.13. The van der Waals surface area contributed by atoms with Gasteiger partial charge in [-0.05, 0) is 24.6 Å². The fraction of sp³-hybridized carbons (Fsp3) is 0.538. The molecule has 0 saturated carbocycles. The summed E-state index contributed by atoms with van der Waals surface area (Å²) in [5, 5.41) is 3.23. The van der Waals surface area contributed by atoms with Crippen molar-refractivity contribution in [3.05, 3.63) is 35.1 Å². The fourth-order valence-electron chi connectivity index (χ4n) is 2.35. The fourth-order valence-corrected chi connectivity index (χ4v) is 2.35. The molecule has 2 rings (SSSR count). The summed E-state index contributed by atoms with van der Waals surface area (Å²) in [4.78, 5) is 1.95. The van der Waals surface area contributed by atoms with Crippen molar-refractivity contribution in [1.82, 2.24) is 10.2 Å². The van der Waals surface area contributed by atoms with Gasteiger partial charge in [0, 0.05) is 32.2 Å². The Balaban J connectivity index is 2.20. The zero-order valence-electron chi connectivity index (χ0n) is 10.6.